The standard InChI is InChI=1S/C28H40N4O7S/c1-22(2)16-18-31(40(3,37)38)19-17-28(36,20-23-10-6-4-7-11-23)32(26(34)15-14-25(29)33)30-27(35)39-21-24-12-8-5-9-13-24/h4-13,22,36H,14-21H2,1-3H3,(H2,29,33)(H,30,35). The quantitative estimate of drug-likeness (QED) is 0.217. The average Bonchev–Trinajstić information content (AvgIpc) is 2.89. The number of sulfonamides is 1. The Morgan fingerprint density at radius 1 is 0.975 bits per heavy atom. The lowest BCUT2D eigenvalue weighted by Gasteiger charge is -2.40. The van der Waals surface area contributed by atoms with Crippen LogP contribution >= 0.6 is 0 Å². The van der Waals surface area contributed by atoms with Crippen molar-refractivity contribution in [2.45, 2.75) is 58.3 Å². The predicted octanol–water partition coefficient (Wildman–Crippen LogP) is 2.55. The maximum Gasteiger partial charge on any atom is 0.426 e. The number of aliphatic hydroxyl groups is 1. The van der Waals surface area contributed by atoms with Crippen molar-refractivity contribution in [1.82, 2.24) is 14.7 Å². The number of hydrazine groups is 1. The summed E-state index contributed by atoms with van der Waals surface area (Å²) in [7, 11) is -3.64. The zero-order valence-corrected chi connectivity index (χ0v) is 24.1. The Labute approximate surface area is 236 Å². The molecule has 0 saturated carbocycles. The number of nitrogens with two attached hydrogens (primary N) is 1. The minimum Gasteiger partial charge on any atom is -0.443 e. The van der Waals surface area contributed by atoms with Gasteiger partial charge in [0.2, 0.25) is 21.8 Å². The molecular weight excluding hydrogens is 536 g/mol. The van der Waals surface area contributed by atoms with Gasteiger partial charge in [-0.1, -0.05) is 74.5 Å². The smallest absolute Gasteiger partial charge is 0.426 e. The first-order valence-electron chi connectivity index (χ1n) is 13.1. The van der Waals surface area contributed by atoms with Crippen LogP contribution in [0.1, 0.15) is 50.7 Å². The predicted molar refractivity (Wildman–Crippen MR) is 151 cm³/mol. The third-order valence-corrected chi connectivity index (χ3v) is 7.49. The third-order valence-electron chi connectivity index (χ3n) is 6.18. The molecule has 0 aliphatic heterocycles. The maximum absolute atomic E-state index is 13.3. The zero-order chi connectivity index (χ0) is 29.8. The minimum absolute atomic E-state index is 0.0931. The molecule has 0 spiro atoms. The molecule has 1 atom stereocenters. The van der Waals surface area contributed by atoms with E-state index >= 15 is 0 Å². The van der Waals surface area contributed by atoms with E-state index in [-0.39, 0.29) is 44.9 Å². The average molecular weight is 577 g/mol. The molecule has 12 heteroatoms. The van der Waals surface area contributed by atoms with Gasteiger partial charge in [0, 0.05) is 38.8 Å². The topological polar surface area (TPSA) is 159 Å². The second-order valence-corrected chi connectivity index (χ2v) is 12.1. The van der Waals surface area contributed by atoms with Crippen LogP contribution in [-0.2, 0) is 37.4 Å². The van der Waals surface area contributed by atoms with E-state index in [1.54, 1.807) is 54.6 Å². The molecule has 40 heavy (non-hydrogen) atoms. The fraction of sp³-hybridized carbons (Fsp3) is 0.464. The van der Waals surface area contributed by atoms with E-state index in [1.165, 1.54) is 4.31 Å². The molecule has 0 radical (unpaired) electrons. The fourth-order valence-electron chi connectivity index (χ4n) is 3.94. The summed E-state index contributed by atoms with van der Waals surface area (Å²) in [4.78, 5) is 37.5. The molecule has 0 heterocycles. The number of benzene rings is 2. The number of carbonyl (C=O) groups excluding carboxylic acids is 3. The van der Waals surface area contributed by atoms with E-state index in [1.807, 2.05) is 19.9 Å². The molecule has 0 bridgehead atoms. The van der Waals surface area contributed by atoms with Crippen molar-refractivity contribution in [3.63, 3.8) is 0 Å². The fourth-order valence-corrected chi connectivity index (χ4v) is 4.80. The molecule has 0 saturated heterocycles. The molecular formula is C28H40N4O7S. The highest BCUT2D eigenvalue weighted by molar-refractivity contribution is 7.88. The third kappa shape index (κ3) is 11.3. The lowest BCUT2D eigenvalue weighted by Crippen LogP contribution is -2.62. The van der Waals surface area contributed by atoms with E-state index in [0.717, 1.165) is 11.3 Å². The van der Waals surface area contributed by atoms with Crippen molar-refractivity contribution < 1.29 is 32.6 Å². The van der Waals surface area contributed by atoms with Gasteiger partial charge in [-0.05, 0) is 23.5 Å². The van der Waals surface area contributed by atoms with Crippen LogP contribution in [0.3, 0.4) is 0 Å². The van der Waals surface area contributed by atoms with Gasteiger partial charge in [-0.15, -0.1) is 0 Å². The van der Waals surface area contributed by atoms with Crippen LogP contribution in [0.5, 0.6) is 0 Å². The van der Waals surface area contributed by atoms with Crippen LogP contribution in [-0.4, -0.2) is 65.8 Å². The van der Waals surface area contributed by atoms with Crippen molar-refractivity contribution in [3.05, 3.63) is 71.8 Å². The molecule has 3 amide bonds. The molecule has 0 aliphatic rings. The summed E-state index contributed by atoms with van der Waals surface area (Å²) in [6, 6.07) is 17.6. The van der Waals surface area contributed by atoms with Crippen LogP contribution in [0.2, 0.25) is 0 Å². The van der Waals surface area contributed by atoms with Crippen molar-refractivity contribution >= 4 is 27.9 Å². The van der Waals surface area contributed by atoms with Crippen molar-refractivity contribution in [2.75, 3.05) is 19.3 Å². The summed E-state index contributed by atoms with van der Waals surface area (Å²) in [5.74, 6) is -1.29. The number of hydrogen-bond acceptors (Lipinski definition) is 7. The molecule has 4 N–H and O–H groups in total. The Balaban J connectivity index is 2.38. The first-order chi connectivity index (χ1) is 18.8. The van der Waals surface area contributed by atoms with Crippen molar-refractivity contribution in [1.29, 1.82) is 0 Å². The summed E-state index contributed by atoms with van der Waals surface area (Å²) >= 11 is 0. The molecule has 0 aromatic heterocycles. The molecule has 0 fully saturated rings. The van der Waals surface area contributed by atoms with Gasteiger partial charge in [0.1, 0.15) is 6.61 Å². The monoisotopic (exact) mass is 576 g/mol. The molecule has 2 aromatic rings. The molecule has 0 aliphatic carbocycles. The van der Waals surface area contributed by atoms with E-state index in [9.17, 15) is 27.9 Å². The molecule has 11 nitrogen and oxygen atoms in total. The molecule has 2 aromatic carbocycles. The Morgan fingerprint density at radius 2 is 1.55 bits per heavy atom. The summed E-state index contributed by atoms with van der Waals surface area (Å²) < 4.78 is 31.6. The van der Waals surface area contributed by atoms with Crippen molar-refractivity contribution in [2.24, 2.45) is 11.7 Å². The van der Waals surface area contributed by atoms with Crippen molar-refractivity contribution in [3.8, 4) is 0 Å². The largest absolute Gasteiger partial charge is 0.443 e. The van der Waals surface area contributed by atoms with Gasteiger partial charge in [0.05, 0.1) is 6.26 Å². The molecule has 1 unspecified atom stereocenters. The number of rotatable bonds is 15. The normalized spacial score (nSPS) is 13.1. The van der Waals surface area contributed by atoms with E-state index in [2.05, 4.69) is 5.43 Å². The number of hydrogen-bond donors (Lipinski definition) is 3. The van der Waals surface area contributed by atoms with Crippen LogP contribution in [0, 0.1) is 5.92 Å². The Hall–Kier alpha value is -3.48. The highest BCUT2D eigenvalue weighted by Gasteiger charge is 2.40. The van der Waals surface area contributed by atoms with Gasteiger partial charge in [0.15, 0.2) is 5.72 Å². The van der Waals surface area contributed by atoms with E-state index in [0.29, 0.717) is 17.5 Å². The molecule has 220 valence electrons. The number of amides is 3. The number of nitrogens with one attached hydrogen (secondary N) is 1. The van der Waals surface area contributed by atoms with Crippen LogP contribution in [0.4, 0.5) is 4.79 Å². The van der Waals surface area contributed by atoms with E-state index < -0.39 is 40.1 Å². The summed E-state index contributed by atoms with van der Waals surface area (Å²) in [5.41, 5.74) is 6.83. The van der Waals surface area contributed by atoms with Gasteiger partial charge in [-0.2, -0.15) is 0 Å². The number of primary amides is 1. The Morgan fingerprint density at radius 3 is 2.08 bits per heavy atom. The van der Waals surface area contributed by atoms with Crippen LogP contribution in [0.15, 0.2) is 60.7 Å². The van der Waals surface area contributed by atoms with Crippen LogP contribution in [0.25, 0.3) is 0 Å². The SMILES string of the molecule is CC(C)CCN(CCC(O)(Cc1ccccc1)N(NC(=O)OCc1ccccc1)C(=O)CCC(N)=O)S(C)(=O)=O. The highest BCUT2D eigenvalue weighted by atomic mass is 32.2. The lowest BCUT2D eigenvalue weighted by atomic mass is 9.98. The van der Waals surface area contributed by atoms with Gasteiger partial charge >= 0.3 is 6.09 Å². The number of ether oxygens (including phenoxy) is 1. The zero-order valence-electron chi connectivity index (χ0n) is 23.3. The summed E-state index contributed by atoms with van der Waals surface area (Å²) in [6.07, 6.45) is -0.433. The highest BCUT2D eigenvalue weighted by Crippen LogP contribution is 2.24. The second kappa shape index (κ2) is 15.3. The maximum atomic E-state index is 13.3. The van der Waals surface area contributed by atoms with E-state index in [4.69, 9.17) is 10.5 Å². The molecule has 2 rings (SSSR count). The summed E-state index contributed by atoms with van der Waals surface area (Å²) in [5, 5.41) is 12.7. The Bertz CT molecular complexity index is 1210. The minimum atomic E-state index is -3.64. The first-order valence-corrected chi connectivity index (χ1v) is 14.9. The first kappa shape index (κ1) is 32.7. The summed E-state index contributed by atoms with van der Waals surface area (Å²) in [6.45, 7) is 3.94. The lowest BCUT2D eigenvalue weighted by molar-refractivity contribution is -0.172. The van der Waals surface area contributed by atoms with Gasteiger partial charge in [-0.25, -0.2) is 28.0 Å². The second-order valence-electron chi connectivity index (χ2n) is 10.1. The van der Waals surface area contributed by atoms with Gasteiger partial charge in [0.25, 0.3) is 0 Å². The van der Waals surface area contributed by atoms with Crippen LogP contribution < -0.4 is 11.2 Å². The number of carbonyl (C=O) groups is 3. The van der Waals surface area contributed by atoms with Gasteiger partial charge in [-0.3, -0.25) is 9.59 Å². The van der Waals surface area contributed by atoms with Gasteiger partial charge < -0.3 is 15.6 Å². The number of nitrogens with zero attached hydrogens (tertiary/aromatic N) is 2. The Kier molecular flexibility index (Phi) is 12.6.